The van der Waals surface area contributed by atoms with Crippen LogP contribution in [0.3, 0.4) is 0 Å². The monoisotopic (exact) mass is 390 g/mol. The van der Waals surface area contributed by atoms with Gasteiger partial charge in [-0.3, -0.25) is 9.59 Å². The van der Waals surface area contributed by atoms with E-state index in [1.807, 2.05) is 30.5 Å². The minimum atomic E-state index is -0.308. The van der Waals surface area contributed by atoms with Crippen molar-refractivity contribution in [3.8, 4) is 0 Å². The number of rotatable bonds is 5. The maximum absolute atomic E-state index is 12.8. The molecule has 148 valence electrons. The molecule has 3 aromatic rings. The number of H-pyrrole nitrogens is 1. The molecule has 0 radical (unpaired) electrons. The van der Waals surface area contributed by atoms with E-state index in [0.717, 1.165) is 16.5 Å². The topological polar surface area (TPSA) is 96.1 Å². The number of benzene rings is 1. The molecule has 2 amide bonds. The second-order valence-electron chi connectivity index (χ2n) is 7.71. The molecular formula is C22H22N4O3. The first-order valence-electron chi connectivity index (χ1n) is 9.80. The largest absolute Gasteiger partial charge is 0.381 e. The molecule has 29 heavy (non-hydrogen) atoms. The van der Waals surface area contributed by atoms with E-state index in [-0.39, 0.29) is 23.6 Å². The number of hydrogen-bond acceptors (Lipinski definition) is 4. The summed E-state index contributed by atoms with van der Waals surface area (Å²) in [6, 6.07) is 11.6. The lowest BCUT2D eigenvalue weighted by Crippen LogP contribution is -2.30. The average Bonchev–Trinajstić information content (AvgIpc) is 3.14. The molecule has 2 aromatic heterocycles. The maximum atomic E-state index is 12.8. The number of pyridine rings is 1. The molecule has 2 aliphatic rings. The first-order chi connectivity index (χ1) is 14.1. The van der Waals surface area contributed by atoms with E-state index in [2.05, 4.69) is 20.6 Å². The normalized spacial score (nSPS) is 22.3. The van der Waals surface area contributed by atoms with Gasteiger partial charge in [0.15, 0.2) is 0 Å². The highest BCUT2D eigenvalue weighted by Crippen LogP contribution is 2.44. The van der Waals surface area contributed by atoms with E-state index in [0.29, 0.717) is 42.7 Å². The van der Waals surface area contributed by atoms with Gasteiger partial charge >= 0.3 is 0 Å². The van der Waals surface area contributed by atoms with Crippen LogP contribution < -0.4 is 10.6 Å². The minimum absolute atomic E-state index is 0.168. The zero-order valence-electron chi connectivity index (χ0n) is 16.1. The van der Waals surface area contributed by atoms with Crippen LogP contribution >= 0.6 is 0 Å². The van der Waals surface area contributed by atoms with Crippen LogP contribution in [0.5, 0.6) is 0 Å². The summed E-state index contributed by atoms with van der Waals surface area (Å²) in [7, 11) is 1.56. The molecule has 3 atom stereocenters. The summed E-state index contributed by atoms with van der Waals surface area (Å²) >= 11 is 0. The van der Waals surface area contributed by atoms with Gasteiger partial charge in [0.05, 0.1) is 13.2 Å². The average molecular weight is 390 g/mol. The van der Waals surface area contributed by atoms with Gasteiger partial charge in [0, 0.05) is 59.7 Å². The number of fused-ring (bicyclic) bond motifs is 2. The van der Waals surface area contributed by atoms with Crippen LogP contribution in [0.15, 0.2) is 42.6 Å². The molecule has 0 bridgehead atoms. The first kappa shape index (κ1) is 17.9. The number of carbonyl (C=O) groups excluding carboxylic acids is 2. The number of nitrogens with zero attached hydrogens (tertiary/aromatic N) is 1. The van der Waals surface area contributed by atoms with Gasteiger partial charge in [-0.05, 0) is 29.8 Å². The predicted molar refractivity (Wildman–Crippen MR) is 108 cm³/mol. The molecule has 2 fully saturated rings. The Hall–Kier alpha value is -3.19. The van der Waals surface area contributed by atoms with Gasteiger partial charge < -0.3 is 20.4 Å². The lowest BCUT2D eigenvalue weighted by molar-refractivity contribution is 0.0928. The highest BCUT2D eigenvalue weighted by atomic mass is 16.5. The van der Waals surface area contributed by atoms with Crippen molar-refractivity contribution in [2.45, 2.75) is 12.5 Å². The van der Waals surface area contributed by atoms with Gasteiger partial charge in [-0.15, -0.1) is 0 Å². The van der Waals surface area contributed by atoms with Crippen molar-refractivity contribution < 1.29 is 14.3 Å². The zero-order valence-corrected chi connectivity index (χ0v) is 16.1. The SMILES string of the molecule is CNC(=O)c1cc(C(=O)NC2C3COC[C@H]32)cc(Cc2cccc3[nH]ccc23)n1. The summed E-state index contributed by atoms with van der Waals surface area (Å²) in [6.45, 7) is 1.42. The highest BCUT2D eigenvalue weighted by molar-refractivity contribution is 5.99. The van der Waals surface area contributed by atoms with Gasteiger partial charge in [-0.1, -0.05) is 12.1 Å². The Kier molecular flexibility index (Phi) is 4.32. The highest BCUT2D eigenvalue weighted by Gasteiger charge is 2.54. The van der Waals surface area contributed by atoms with Crippen LogP contribution in [0, 0.1) is 11.8 Å². The number of ether oxygens (including phenoxy) is 1. The third-order valence-corrected chi connectivity index (χ3v) is 5.91. The van der Waals surface area contributed by atoms with Crippen LogP contribution in [-0.2, 0) is 11.2 Å². The van der Waals surface area contributed by atoms with Crippen molar-refractivity contribution >= 4 is 22.7 Å². The Balaban J connectivity index is 1.44. The van der Waals surface area contributed by atoms with Crippen LogP contribution in [0.2, 0.25) is 0 Å². The molecule has 0 spiro atoms. The molecule has 3 heterocycles. The molecule has 3 N–H and O–H groups in total. The lowest BCUT2D eigenvalue weighted by atomic mass is 10.0. The molecule has 1 aliphatic heterocycles. The third kappa shape index (κ3) is 3.27. The fourth-order valence-electron chi connectivity index (χ4n) is 4.24. The second-order valence-corrected chi connectivity index (χ2v) is 7.71. The molecule has 1 saturated carbocycles. The van der Waals surface area contributed by atoms with Gasteiger partial charge in [0.25, 0.3) is 11.8 Å². The zero-order chi connectivity index (χ0) is 20.0. The van der Waals surface area contributed by atoms with Gasteiger partial charge in [-0.25, -0.2) is 4.98 Å². The smallest absolute Gasteiger partial charge is 0.269 e. The third-order valence-electron chi connectivity index (χ3n) is 5.91. The number of amides is 2. The fourth-order valence-corrected chi connectivity index (χ4v) is 4.24. The van der Waals surface area contributed by atoms with Crippen LogP contribution in [0.25, 0.3) is 10.9 Å². The van der Waals surface area contributed by atoms with E-state index < -0.39 is 0 Å². The van der Waals surface area contributed by atoms with Crippen molar-refractivity contribution in [1.29, 1.82) is 0 Å². The Bertz CT molecular complexity index is 1100. The molecule has 7 heteroatoms. The Labute approximate surface area is 167 Å². The number of aromatic amines is 1. The number of aromatic nitrogens is 2. The van der Waals surface area contributed by atoms with E-state index in [9.17, 15) is 9.59 Å². The standard InChI is InChI=1S/C22H22N4O3/c1-23-22(28)19-9-13(21(27)26-20-16-10-29-11-17(16)20)8-14(25-19)7-12-3-2-4-18-15(12)5-6-24-18/h2-6,8-9,16-17,20,24H,7,10-11H2,1H3,(H,23,28)(H,26,27)/t16-,17?,20?/m1/s1. The molecule has 1 saturated heterocycles. The molecule has 1 aromatic carbocycles. The Morgan fingerprint density at radius 2 is 2.00 bits per heavy atom. The number of nitrogens with one attached hydrogen (secondary N) is 3. The minimum Gasteiger partial charge on any atom is -0.381 e. The van der Waals surface area contributed by atoms with E-state index in [4.69, 9.17) is 4.74 Å². The Morgan fingerprint density at radius 1 is 1.17 bits per heavy atom. The number of hydrogen-bond donors (Lipinski definition) is 3. The summed E-state index contributed by atoms with van der Waals surface area (Å²) in [4.78, 5) is 32.8. The molecular weight excluding hydrogens is 368 g/mol. The second kappa shape index (κ2) is 7.00. The number of carbonyl (C=O) groups is 2. The summed E-state index contributed by atoms with van der Waals surface area (Å²) in [5.74, 6) is 0.366. The van der Waals surface area contributed by atoms with E-state index >= 15 is 0 Å². The molecule has 5 rings (SSSR count). The Morgan fingerprint density at radius 3 is 2.79 bits per heavy atom. The summed E-state index contributed by atoms with van der Waals surface area (Å²) in [5.41, 5.74) is 3.52. The molecule has 2 unspecified atom stereocenters. The van der Waals surface area contributed by atoms with Crippen LogP contribution in [0.1, 0.15) is 32.1 Å². The first-order valence-corrected chi connectivity index (χ1v) is 9.80. The van der Waals surface area contributed by atoms with Crippen molar-refractivity contribution in [2.24, 2.45) is 11.8 Å². The fraction of sp³-hybridized carbons (Fsp3) is 0.318. The van der Waals surface area contributed by atoms with Gasteiger partial charge in [0.2, 0.25) is 0 Å². The summed E-state index contributed by atoms with van der Waals surface area (Å²) in [6.07, 6.45) is 2.43. The summed E-state index contributed by atoms with van der Waals surface area (Å²) in [5, 5.41) is 6.79. The lowest BCUT2D eigenvalue weighted by Gasteiger charge is -2.11. The maximum Gasteiger partial charge on any atom is 0.269 e. The van der Waals surface area contributed by atoms with Crippen molar-refractivity contribution in [3.05, 3.63) is 65.1 Å². The van der Waals surface area contributed by atoms with Crippen LogP contribution in [0.4, 0.5) is 0 Å². The molecule has 1 aliphatic carbocycles. The van der Waals surface area contributed by atoms with Gasteiger partial charge in [0.1, 0.15) is 5.69 Å². The molecule has 7 nitrogen and oxygen atoms in total. The van der Waals surface area contributed by atoms with E-state index in [1.54, 1.807) is 19.2 Å². The summed E-state index contributed by atoms with van der Waals surface area (Å²) < 4.78 is 5.39. The van der Waals surface area contributed by atoms with Crippen molar-refractivity contribution in [2.75, 3.05) is 20.3 Å². The van der Waals surface area contributed by atoms with Crippen molar-refractivity contribution in [1.82, 2.24) is 20.6 Å². The van der Waals surface area contributed by atoms with Crippen molar-refractivity contribution in [3.63, 3.8) is 0 Å². The van der Waals surface area contributed by atoms with Gasteiger partial charge in [-0.2, -0.15) is 0 Å². The van der Waals surface area contributed by atoms with E-state index in [1.165, 1.54) is 0 Å². The van der Waals surface area contributed by atoms with Crippen LogP contribution in [-0.4, -0.2) is 48.1 Å². The predicted octanol–water partition coefficient (Wildman–Crippen LogP) is 1.89. The quantitative estimate of drug-likeness (QED) is 0.620.